The normalized spacial score (nSPS) is 12.1. The van der Waals surface area contributed by atoms with Crippen LogP contribution in [-0.4, -0.2) is 12.9 Å². The van der Waals surface area contributed by atoms with Gasteiger partial charge < -0.3 is 9.53 Å². The first kappa shape index (κ1) is 14.7. The standard InChI is InChI=1S/C16H24O2/c1-3-5-6-14(11-12-17)15-7-9-16(10-8-15)18-13-4-2/h7-10,12,14H,3-6,11,13H2,1-2H3. The summed E-state index contributed by atoms with van der Waals surface area (Å²) in [6.45, 7) is 5.03. The molecule has 0 saturated carbocycles. The Hall–Kier alpha value is -1.31. The number of unbranched alkanes of at least 4 members (excludes halogenated alkanes) is 1. The van der Waals surface area contributed by atoms with Crippen LogP contribution >= 0.6 is 0 Å². The van der Waals surface area contributed by atoms with Gasteiger partial charge in [-0.05, 0) is 36.5 Å². The number of hydrogen-bond donors (Lipinski definition) is 0. The van der Waals surface area contributed by atoms with Crippen LogP contribution in [0.1, 0.15) is 57.4 Å². The van der Waals surface area contributed by atoms with Gasteiger partial charge in [-0.1, -0.05) is 38.8 Å². The van der Waals surface area contributed by atoms with Crippen molar-refractivity contribution in [1.82, 2.24) is 0 Å². The van der Waals surface area contributed by atoms with Gasteiger partial charge in [0.25, 0.3) is 0 Å². The van der Waals surface area contributed by atoms with Crippen LogP contribution in [-0.2, 0) is 4.79 Å². The quantitative estimate of drug-likeness (QED) is 0.608. The van der Waals surface area contributed by atoms with E-state index in [9.17, 15) is 4.79 Å². The predicted molar refractivity (Wildman–Crippen MR) is 75.2 cm³/mol. The summed E-state index contributed by atoms with van der Waals surface area (Å²) < 4.78 is 5.56. The van der Waals surface area contributed by atoms with Gasteiger partial charge in [-0.3, -0.25) is 0 Å². The fourth-order valence-electron chi connectivity index (χ4n) is 2.04. The van der Waals surface area contributed by atoms with E-state index in [0.717, 1.165) is 31.5 Å². The first-order valence-corrected chi connectivity index (χ1v) is 6.98. The summed E-state index contributed by atoms with van der Waals surface area (Å²) in [5, 5.41) is 0. The SMILES string of the molecule is CCCCC(CC=O)c1ccc(OCCC)cc1. The van der Waals surface area contributed by atoms with Crippen LogP contribution in [0, 0.1) is 0 Å². The molecule has 0 fully saturated rings. The lowest BCUT2D eigenvalue weighted by molar-refractivity contribution is -0.108. The average Bonchev–Trinajstić information content (AvgIpc) is 2.42. The Morgan fingerprint density at radius 1 is 1.17 bits per heavy atom. The van der Waals surface area contributed by atoms with Crippen molar-refractivity contribution in [3.63, 3.8) is 0 Å². The molecule has 0 aliphatic rings. The summed E-state index contributed by atoms with van der Waals surface area (Å²) in [5.41, 5.74) is 1.25. The Labute approximate surface area is 110 Å². The maximum absolute atomic E-state index is 10.7. The van der Waals surface area contributed by atoms with E-state index < -0.39 is 0 Å². The molecular weight excluding hydrogens is 224 g/mol. The largest absolute Gasteiger partial charge is 0.494 e. The molecule has 1 aromatic carbocycles. The molecule has 0 aliphatic carbocycles. The fraction of sp³-hybridized carbons (Fsp3) is 0.562. The van der Waals surface area contributed by atoms with E-state index in [2.05, 4.69) is 26.0 Å². The first-order valence-electron chi connectivity index (χ1n) is 6.98. The summed E-state index contributed by atoms with van der Waals surface area (Å²) in [5.74, 6) is 1.28. The molecular formula is C16H24O2. The Morgan fingerprint density at radius 3 is 2.44 bits per heavy atom. The molecule has 0 aromatic heterocycles. The second-order valence-electron chi connectivity index (χ2n) is 4.66. The third-order valence-corrected chi connectivity index (χ3v) is 3.11. The van der Waals surface area contributed by atoms with E-state index >= 15 is 0 Å². The number of hydrogen-bond acceptors (Lipinski definition) is 2. The Morgan fingerprint density at radius 2 is 1.89 bits per heavy atom. The van der Waals surface area contributed by atoms with Crippen molar-refractivity contribution in [3.8, 4) is 5.75 Å². The van der Waals surface area contributed by atoms with Crippen molar-refractivity contribution in [3.05, 3.63) is 29.8 Å². The minimum Gasteiger partial charge on any atom is -0.494 e. The molecule has 0 saturated heterocycles. The second-order valence-corrected chi connectivity index (χ2v) is 4.66. The molecule has 0 amide bonds. The van der Waals surface area contributed by atoms with Crippen LogP contribution in [0.5, 0.6) is 5.75 Å². The highest BCUT2D eigenvalue weighted by Crippen LogP contribution is 2.26. The highest BCUT2D eigenvalue weighted by Gasteiger charge is 2.10. The van der Waals surface area contributed by atoms with Gasteiger partial charge >= 0.3 is 0 Å². The van der Waals surface area contributed by atoms with Crippen molar-refractivity contribution in [2.24, 2.45) is 0 Å². The second kappa shape index (κ2) is 8.73. The average molecular weight is 248 g/mol. The van der Waals surface area contributed by atoms with Gasteiger partial charge in [0.05, 0.1) is 6.61 Å². The van der Waals surface area contributed by atoms with Crippen LogP contribution in [0.15, 0.2) is 24.3 Å². The van der Waals surface area contributed by atoms with Gasteiger partial charge in [0.2, 0.25) is 0 Å². The molecule has 0 spiro atoms. The van der Waals surface area contributed by atoms with Crippen molar-refractivity contribution < 1.29 is 9.53 Å². The molecule has 0 bridgehead atoms. The topological polar surface area (TPSA) is 26.3 Å². The molecule has 2 heteroatoms. The molecule has 0 radical (unpaired) electrons. The van der Waals surface area contributed by atoms with E-state index in [-0.39, 0.29) is 0 Å². The van der Waals surface area contributed by atoms with Crippen molar-refractivity contribution in [2.75, 3.05) is 6.61 Å². The van der Waals surface area contributed by atoms with Crippen molar-refractivity contribution in [1.29, 1.82) is 0 Å². The first-order chi connectivity index (χ1) is 8.81. The van der Waals surface area contributed by atoms with E-state index in [1.165, 1.54) is 18.4 Å². The van der Waals surface area contributed by atoms with E-state index in [1.807, 2.05) is 12.1 Å². The zero-order valence-electron chi connectivity index (χ0n) is 11.5. The number of ether oxygens (including phenoxy) is 1. The molecule has 1 rings (SSSR count). The zero-order chi connectivity index (χ0) is 13.2. The lowest BCUT2D eigenvalue weighted by atomic mass is 9.91. The van der Waals surface area contributed by atoms with Crippen LogP contribution in [0.25, 0.3) is 0 Å². The van der Waals surface area contributed by atoms with Gasteiger partial charge in [-0.2, -0.15) is 0 Å². The number of rotatable bonds is 9. The van der Waals surface area contributed by atoms with Crippen molar-refractivity contribution >= 4 is 6.29 Å². The third-order valence-electron chi connectivity index (χ3n) is 3.11. The van der Waals surface area contributed by atoms with Crippen LogP contribution in [0.2, 0.25) is 0 Å². The number of aldehydes is 1. The molecule has 0 N–H and O–H groups in total. The summed E-state index contributed by atoms with van der Waals surface area (Å²) >= 11 is 0. The lowest BCUT2D eigenvalue weighted by Gasteiger charge is -2.15. The van der Waals surface area contributed by atoms with E-state index in [1.54, 1.807) is 0 Å². The number of carbonyl (C=O) groups excluding carboxylic acids is 1. The fourth-order valence-corrected chi connectivity index (χ4v) is 2.04. The smallest absolute Gasteiger partial charge is 0.120 e. The lowest BCUT2D eigenvalue weighted by Crippen LogP contribution is -2.01. The molecule has 2 nitrogen and oxygen atoms in total. The zero-order valence-corrected chi connectivity index (χ0v) is 11.5. The van der Waals surface area contributed by atoms with Crippen LogP contribution in [0.3, 0.4) is 0 Å². The Kier molecular flexibility index (Phi) is 7.16. The minimum atomic E-state index is 0.364. The summed E-state index contributed by atoms with van der Waals surface area (Å²) in [7, 11) is 0. The highest BCUT2D eigenvalue weighted by molar-refractivity contribution is 5.51. The van der Waals surface area contributed by atoms with Gasteiger partial charge in [0.15, 0.2) is 0 Å². The van der Waals surface area contributed by atoms with Crippen LogP contribution in [0.4, 0.5) is 0 Å². The number of benzene rings is 1. The maximum Gasteiger partial charge on any atom is 0.120 e. The van der Waals surface area contributed by atoms with Crippen LogP contribution < -0.4 is 4.74 Å². The third kappa shape index (κ3) is 4.91. The van der Waals surface area contributed by atoms with Crippen molar-refractivity contribution in [2.45, 2.75) is 51.9 Å². The minimum absolute atomic E-state index is 0.364. The Bertz CT molecular complexity index is 329. The predicted octanol–water partition coefficient (Wildman–Crippen LogP) is 4.34. The molecule has 18 heavy (non-hydrogen) atoms. The summed E-state index contributed by atoms with van der Waals surface area (Å²) in [4.78, 5) is 10.7. The number of carbonyl (C=O) groups is 1. The van der Waals surface area contributed by atoms with E-state index in [4.69, 9.17) is 4.74 Å². The molecule has 100 valence electrons. The monoisotopic (exact) mass is 248 g/mol. The van der Waals surface area contributed by atoms with Gasteiger partial charge in [0.1, 0.15) is 12.0 Å². The van der Waals surface area contributed by atoms with Gasteiger partial charge in [-0.15, -0.1) is 0 Å². The molecule has 0 aliphatic heterocycles. The van der Waals surface area contributed by atoms with Gasteiger partial charge in [0, 0.05) is 6.42 Å². The summed E-state index contributed by atoms with van der Waals surface area (Å²) in [6, 6.07) is 8.20. The molecule has 1 atom stereocenters. The van der Waals surface area contributed by atoms with E-state index in [0.29, 0.717) is 12.3 Å². The molecule has 1 aromatic rings. The maximum atomic E-state index is 10.7. The Balaban J connectivity index is 2.63. The molecule has 0 heterocycles. The molecule has 1 unspecified atom stereocenters. The highest BCUT2D eigenvalue weighted by atomic mass is 16.5. The van der Waals surface area contributed by atoms with Gasteiger partial charge in [-0.25, -0.2) is 0 Å². The summed E-state index contributed by atoms with van der Waals surface area (Å²) in [6.07, 6.45) is 6.10.